The molecule has 0 radical (unpaired) electrons. The van der Waals surface area contributed by atoms with E-state index in [4.69, 9.17) is 0 Å². The van der Waals surface area contributed by atoms with E-state index in [9.17, 15) is 0 Å². The van der Waals surface area contributed by atoms with Crippen LogP contribution >= 0.6 is 0 Å². The Kier molecular flexibility index (Phi) is 5.13. The van der Waals surface area contributed by atoms with Crippen molar-refractivity contribution in [2.75, 3.05) is 0 Å². The minimum absolute atomic E-state index is 0.954. The van der Waals surface area contributed by atoms with Gasteiger partial charge in [0.25, 0.3) is 0 Å². The first-order chi connectivity index (χ1) is 5.88. The third kappa shape index (κ3) is 3.01. The van der Waals surface area contributed by atoms with E-state index in [1.807, 2.05) is 0 Å². The molecule has 0 bridgehead atoms. The van der Waals surface area contributed by atoms with Crippen molar-refractivity contribution in [1.29, 1.82) is 0 Å². The van der Waals surface area contributed by atoms with Crippen LogP contribution in [0.15, 0.2) is 24.3 Å². The molecule has 0 saturated carbocycles. The van der Waals surface area contributed by atoms with Crippen LogP contribution in [0.1, 0.15) is 26.7 Å². The van der Waals surface area contributed by atoms with Gasteiger partial charge < -0.3 is 0 Å². The van der Waals surface area contributed by atoms with Crippen LogP contribution in [0.4, 0.5) is 0 Å². The molecule has 0 aromatic rings. The van der Waals surface area contributed by atoms with Crippen molar-refractivity contribution in [3.63, 3.8) is 0 Å². The van der Waals surface area contributed by atoms with E-state index in [-0.39, 0.29) is 0 Å². The van der Waals surface area contributed by atoms with Crippen LogP contribution in [0.2, 0.25) is 12.0 Å². The van der Waals surface area contributed by atoms with Crippen molar-refractivity contribution in [1.82, 2.24) is 0 Å². The molecule has 1 heteroatoms. The Morgan fingerprint density at radius 1 is 1.00 bits per heavy atom. The van der Waals surface area contributed by atoms with Gasteiger partial charge in [-0.2, -0.15) is 0 Å². The Balaban J connectivity index is 2.40. The summed E-state index contributed by atoms with van der Waals surface area (Å²) < 4.78 is 4.14. The summed E-state index contributed by atoms with van der Waals surface area (Å²) in [6.07, 6.45) is 12.2. The number of allylic oxidation sites excluding steroid dienone is 4. The molecule has 0 fully saturated rings. The molecule has 0 aromatic carbocycles. The van der Waals surface area contributed by atoms with Crippen LogP contribution < -0.4 is 0 Å². The van der Waals surface area contributed by atoms with Crippen molar-refractivity contribution < 1.29 is 21.4 Å². The average Bonchev–Trinajstić information content (AvgIpc) is 2.56. The molecule has 0 unspecified atom stereocenters. The quantitative estimate of drug-likeness (QED) is 0.664. The van der Waals surface area contributed by atoms with Crippen molar-refractivity contribution in [2.24, 2.45) is 0 Å². The zero-order valence-corrected chi connectivity index (χ0v) is 11.8. The molecule has 0 spiro atoms. The second-order valence-electron chi connectivity index (χ2n) is 3.45. The van der Waals surface area contributed by atoms with Gasteiger partial charge in [-0.1, -0.05) is 0 Å². The summed E-state index contributed by atoms with van der Waals surface area (Å²) in [4.78, 5) is 0. The molecule has 0 amide bonds. The number of hydrogen-bond donors (Lipinski definition) is 0. The van der Waals surface area contributed by atoms with Gasteiger partial charge in [-0.05, 0) is 0 Å². The van der Waals surface area contributed by atoms with Gasteiger partial charge in [0.05, 0.1) is 0 Å². The first-order valence-electron chi connectivity index (χ1n) is 5.08. The average molecular weight is 330 g/mol. The predicted molar refractivity (Wildman–Crippen MR) is 52.2 cm³/mol. The van der Waals surface area contributed by atoms with Gasteiger partial charge in [0.15, 0.2) is 0 Å². The summed E-state index contributed by atoms with van der Waals surface area (Å²) >= 11 is -1.18. The SMILES string of the molecule is CC[CH2][Hf]([CH2]CC)[CH]1C=CC=C1. The van der Waals surface area contributed by atoms with E-state index in [0.717, 1.165) is 3.67 Å². The van der Waals surface area contributed by atoms with E-state index in [1.165, 1.54) is 12.8 Å². The van der Waals surface area contributed by atoms with Crippen molar-refractivity contribution >= 4 is 0 Å². The Hall–Kier alpha value is 0.350. The molecule has 0 N–H and O–H groups in total. The molecule has 0 aromatic heterocycles. The summed E-state index contributed by atoms with van der Waals surface area (Å²) in [5, 5.41) is 0. The maximum absolute atomic E-state index is 2.44. The van der Waals surface area contributed by atoms with Crippen LogP contribution in [0, 0.1) is 0 Å². The van der Waals surface area contributed by atoms with E-state index < -0.39 is 21.4 Å². The first kappa shape index (κ1) is 10.4. The molecule has 0 saturated heterocycles. The second kappa shape index (κ2) is 5.90. The minimum atomic E-state index is -1.18. The zero-order chi connectivity index (χ0) is 8.81. The fourth-order valence-corrected chi connectivity index (χ4v) is 12.5. The fraction of sp³-hybridized carbons (Fsp3) is 0.636. The molecule has 67 valence electrons. The van der Waals surface area contributed by atoms with Gasteiger partial charge in [-0.15, -0.1) is 0 Å². The molecular weight excluding hydrogens is 311 g/mol. The Morgan fingerprint density at radius 2 is 1.50 bits per heavy atom. The van der Waals surface area contributed by atoms with Crippen LogP contribution in [0.5, 0.6) is 0 Å². The molecule has 1 rings (SSSR count). The van der Waals surface area contributed by atoms with Crippen molar-refractivity contribution in [3.05, 3.63) is 24.3 Å². The Labute approximate surface area is 84.3 Å². The van der Waals surface area contributed by atoms with Crippen LogP contribution in [0.25, 0.3) is 0 Å². The fourth-order valence-electron chi connectivity index (χ4n) is 1.80. The summed E-state index contributed by atoms with van der Waals surface area (Å²) in [6, 6.07) is 0. The van der Waals surface area contributed by atoms with Gasteiger partial charge in [-0.3, -0.25) is 0 Å². The second-order valence-corrected chi connectivity index (χ2v) is 14.2. The van der Waals surface area contributed by atoms with Gasteiger partial charge in [-0.25, -0.2) is 0 Å². The monoisotopic (exact) mass is 331 g/mol. The summed E-state index contributed by atoms with van der Waals surface area (Å²) in [5.41, 5.74) is 0. The first-order valence-corrected chi connectivity index (χ1v) is 12.2. The van der Waals surface area contributed by atoms with Gasteiger partial charge >= 0.3 is 84.5 Å². The summed E-state index contributed by atoms with van der Waals surface area (Å²) in [6.45, 7) is 4.67. The standard InChI is InChI=1S/C5H5.2C3H7.Hf/c1-2-4-5-3-1;2*1-3-2;/h1-5H;2*1,3H2,2H3;. The van der Waals surface area contributed by atoms with E-state index in [0.29, 0.717) is 0 Å². The Morgan fingerprint density at radius 3 is 1.92 bits per heavy atom. The molecule has 0 aliphatic heterocycles. The molecule has 0 atom stereocenters. The van der Waals surface area contributed by atoms with Crippen molar-refractivity contribution in [2.45, 2.75) is 38.7 Å². The molecule has 1 aliphatic rings. The topological polar surface area (TPSA) is 0 Å². The van der Waals surface area contributed by atoms with Crippen molar-refractivity contribution in [3.8, 4) is 0 Å². The van der Waals surface area contributed by atoms with E-state index >= 15 is 0 Å². The normalized spacial score (nSPS) is 15.8. The van der Waals surface area contributed by atoms with Crippen LogP contribution in [0.3, 0.4) is 0 Å². The summed E-state index contributed by atoms with van der Waals surface area (Å²) in [7, 11) is 0. The molecule has 0 nitrogen and oxygen atoms in total. The van der Waals surface area contributed by atoms with Crippen LogP contribution in [-0.4, -0.2) is 0 Å². The molecule has 0 heterocycles. The molecule has 1 aliphatic carbocycles. The van der Waals surface area contributed by atoms with E-state index in [1.54, 1.807) is 8.35 Å². The van der Waals surface area contributed by atoms with Crippen LogP contribution in [-0.2, 0) is 21.4 Å². The maximum atomic E-state index is 2.44. The third-order valence-corrected chi connectivity index (χ3v) is 15.3. The molecular formula is C11H19Hf. The Bertz CT molecular complexity index is 152. The van der Waals surface area contributed by atoms with Gasteiger partial charge in [0.2, 0.25) is 0 Å². The summed E-state index contributed by atoms with van der Waals surface area (Å²) in [5.74, 6) is 0. The number of hydrogen-bond acceptors (Lipinski definition) is 0. The molecule has 12 heavy (non-hydrogen) atoms. The van der Waals surface area contributed by atoms with E-state index in [2.05, 4.69) is 38.2 Å². The van der Waals surface area contributed by atoms with Gasteiger partial charge in [0.1, 0.15) is 0 Å². The zero-order valence-electron chi connectivity index (χ0n) is 8.22. The third-order valence-electron chi connectivity index (χ3n) is 2.36. The predicted octanol–water partition coefficient (Wildman–Crippen LogP) is 4.18. The number of rotatable bonds is 5. The van der Waals surface area contributed by atoms with Gasteiger partial charge in [0, 0.05) is 0 Å².